The topological polar surface area (TPSA) is 63.1 Å². The lowest BCUT2D eigenvalue weighted by atomic mass is 10.0. The minimum atomic E-state index is -1.03. The molecule has 2 aromatic rings. The highest BCUT2D eigenvalue weighted by Crippen LogP contribution is 2.26. The number of benzene rings is 1. The molecule has 1 aromatic heterocycles. The zero-order valence-corrected chi connectivity index (χ0v) is 13.1. The van der Waals surface area contributed by atoms with Crippen molar-refractivity contribution in [2.45, 2.75) is 26.2 Å². The van der Waals surface area contributed by atoms with Crippen molar-refractivity contribution in [3.05, 3.63) is 57.1 Å². The molecule has 0 amide bonds. The van der Waals surface area contributed by atoms with Gasteiger partial charge in [-0.25, -0.2) is 14.8 Å². The summed E-state index contributed by atoms with van der Waals surface area (Å²) in [6.45, 7) is 3.78. The molecule has 1 heterocycles. The Morgan fingerprint density at radius 1 is 1.29 bits per heavy atom. The van der Waals surface area contributed by atoms with E-state index >= 15 is 0 Å². The van der Waals surface area contributed by atoms with E-state index < -0.39 is 5.97 Å². The number of carboxylic acid groups (broad SMARTS) is 1. The largest absolute Gasteiger partial charge is 0.478 e. The number of rotatable bonds is 4. The highest BCUT2D eigenvalue weighted by Gasteiger charge is 2.17. The van der Waals surface area contributed by atoms with Crippen LogP contribution in [0.25, 0.3) is 0 Å². The van der Waals surface area contributed by atoms with E-state index in [1.807, 2.05) is 13.8 Å². The SMILES string of the molecule is CC(C)c1nc(Cc2c(Cl)cccc2Cl)ncc1C(=O)O. The van der Waals surface area contributed by atoms with Gasteiger partial charge in [-0.3, -0.25) is 0 Å². The number of hydrogen-bond donors (Lipinski definition) is 1. The Kier molecular flexibility index (Phi) is 4.80. The Hall–Kier alpha value is -1.65. The maximum Gasteiger partial charge on any atom is 0.339 e. The van der Waals surface area contributed by atoms with E-state index in [2.05, 4.69) is 9.97 Å². The highest BCUT2D eigenvalue weighted by atomic mass is 35.5. The van der Waals surface area contributed by atoms with Gasteiger partial charge in [0.2, 0.25) is 0 Å². The van der Waals surface area contributed by atoms with Crippen molar-refractivity contribution in [2.24, 2.45) is 0 Å². The van der Waals surface area contributed by atoms with E-state index in [1.54, 1.807) is 18.2 Å². The van der Waals surface area contributed by atoms with Gasteiger partial charge >= 0.3 is 5.97 Å². The van der Waals surface area contributed by atoms with Crippen LogP contribution >= 0.6 is 23.2 Å². The van der Waals surface area contributed by atoms with Gasteiger partial charge < -0.3 is 5.11 Å². The van der Waals surface area contributed by atoms with Crippen LogP contribution in [-0.4, -0.2) is 21.0 Å². The summed E-state index contributed by atoms with van der Waals surface area (Å²) >= 11 is 12.3. The summed E-state index contributed by atoms with van der Waals surface area (Å²) in [4.78, 5) is 19.7. The van der Waals surface area contributed by atoms with Crippen LogP contribution in [0.5, 0.6) is 0 Å². The fraction of sp³-hybridized carbons (Fsp3) is 0.267. The number of hydrogen-bond acceptors (Lipinski definition) is 3. The Labute approximate surface area is 132 Å². The quantitative estimate of drug-likeness (QED) is 0.915. The fourth-order valence-corrected chi connectivity index (χ4v) is 2.51. The lowest BCUT2D eigenvalue weighted by Crippen LogP contribution is -2.10. The number of aromatic nitrogens is 2. The predicted octanol–water partition coefficient (Wildman–Crippen LogP) is 4.20. The number of carbonyl (C=O) groups is 1. The van der Waals surface area contributed by atoms with Crippen LogP contribution < -0.4 is 0 Å². The highest BCUT2D eigenvalue weighted by molar-refractivity contribution is 6.36. The van der Waals surface area contributed by atoms with Crippen molar-refractivity contribution in [1.82, 2.24) is 9.97 Å². The van der Waals surface area contributed by atoms with Gasteiger partial charge in [0.05, 0.1) is 11.3 Å². The minimum Gasteiger partial charge on any atom is -0.478 e. The van der Waals surface area contributed by atoms with Gasteiger partial charge in [-0.15, -0.1) is 0 Å². The molecule has 0 aliphatic rings. The maximum atomic E-state index is 11.2. The molecule has 0 aliphatic heterocycles. The lowest BCUT2D eigenvalue weighted by molar-refractivity contribution is 0.0694. The summed E-state index contributed by atoms with van der Waals surface area (Å²) in [5, 5.41) is 10.2. The molecule has 21 heavy (non-hydrogen) atoms. The molecular weight excluding hydrogens is 311 g/mol. The number of nitrogens with zero attached hydrogens (tertiary/aromatic N) is 2. The maximum absolute atomic E-state index is 11.2. The molecule has 0 saturated heterocycles. The molecule has 1 aromatic carbocycles. The van der Waals surface area contributed by atoms with Crippen LogP contribution in [0.2, 0.25) is 10.0 Å². The zero-order chi connectivity index (χ0) is 15.6. The molecule has 0 saturated carbocycles. The molecule has 110 valence electrons. The molecule has 6 heteroatoms. The Morgan fingerprint density at radius 2 is 1.90 bits per heavy atom. The Balaban J connectivity index is 2.42. The number of halogens is 2. The molecule has 0 aliphatic carbocycles. The molecule has 0 fully saturated rings. The van der Waals surface area contributed by atoms with Gasteiger partial charge in [-0.2, -0.15) is 0 Å². The third-order valence-corrected chi connectivity index (χ3v) is 3.75. The molecule has 0 spiro atoms. The van der Waals surface area contributed by atoms with E-state index in [0.717, 1.165) is 5.56 Å². The summed E-state index contributed by atoms with van der Waals surface area (Å²) in [5.74, 6) is -0.542. The first-order valence-corrected chi connectivity index (χ1v) is 7.17. The van der Waals surface area contributed by atoms with Gasteiger partial charge in [0.25, 0.3) is 0 Å². The molecule has 0 atom stereocenters. The fourth-order valence-electron chi connectivity index (χ4n) is 1.98. The third-order valence-electron chi connectivity index (χ3n) is 3.04. The van der Waals surface area contributed by atoms with Crippen LogP contribution in [0.1, 0.15) is 47.2 Å². The molecule has 0 radical (unpaired) electrons. The van der Waals surface area contributed by atoms with E-state index in [4.69, 9.17) is 28.3 Å². The summed E-state index contributed by atoms with van der Waals surface area (Å²) < 4.78 is 0. The average Bonchev–Trinajstić information content (AvgIpc) is 2.42. The van der Waals surface area contributed by atoms with E-state index in [9.17, 15) is 4.79 Å². The van der Waals surface area contributed by atoms with Crippen molar-refractivity contribution in [3.8, 4) is 0 Å². The van der Waals surface area contributed by atoms with Crippen molar-refractivity contribution >= 4 is 29.2 Å². The Morgan fingerprint density at radius 3 is 2.43 bits per heavy atom. The summed E-state index contributed by atoms with van der Waals surface area (Å²) in [5.41, 5.74) is 1.37. The first-order valence-electron chi connectivity index (χ1n) is 6.42. The average molecular weight is 325 g/mol. The van der Waals surface area contributed by atoms with Gasteiger partial charge in [0, 0.05) is 22.7 Å². The normalized spacial score (nSPS) is 10.9. The van der Waals surface area contributed by atoms with Crippen LogP contribution in [0, 0.1) is 0 Å². The number of carboxylic acids is 1. The van der Waals surface area contributed by atoms with Crippen LogP contribution in [0.15, 0.2) is 24.4 Å². The van der Waals surface area contributed by atoms with E-state index in [0.29, 0.717) is 28.0 Å². The second-order valence-electron chi connectivity index (χ2n) is 4.92. The van der Waals surface area contributed by atoms with Gasteiger partial charge in [0.15, 0.2) is 0 Å². The lowest BCUT2D eigenvalue weighted by Gasteiger charge is -2.11. The Bertz CT molecular complexity index is 667. The first-order chi connectivity index (χ1) is 9.90. The van der Waals surface area contributed by atoms with Gasteiger partial charge in [-0.1, -0.05) is 43.1 Å². The minimum absolute atomic E-state index is 0.0143. The second-order valence-corrected chi connectivity index (χ2v) is 5.74. The second kappa shape index (κ2) is 6.41. The molecule has 2 rings (SSSR count). The van der Waals surface area contributed by atoms with Gasteiger partial charge in [-0.05, 0) is 23.6 Å². The molecule has 0 unspecified atom stereocenters. The molecule has 0 bridgehead atoms. The molecular formula is C15H14Cl2N2O2. The third kappa shape index (κ3) is 3.52. The predicted molar refractivity (Wildman–Crippen MR) is 82.3 cm³/mol. The smallest absolute Gasteiger partial charge is 0.339 e. The van der Waals surface area contributed by atoms with Crippen LogP contribution in [-0.2, 0) is 6.42 Å². The van der Waals surface area contributed by atoms with E-state index in [1.165, 1.54) is 6.20 Å². The van der Waals surface area contributed by atoms with Crippen molar-refractivity contribution < 1.29 is 9.90 Å². The van der Waals surface area contributed by atoms with Gasteiger partial charge in [0.1, 0.15) is 5.82 Å². The first kappa shape index (κ1) is 15.7. The van der Waals surface area contributed by atoms with Crippen LogP contribution in [0.4, 0.5) is 0 Å². The summed E-state index contributed by atoms with van der Waals surface area (Å²) in [6.07, 6.45) is 1.70. The van der Waals surface area contributed by atoms with Crippen molar-refractivity contribution in [1.29, 1.82) is 0 Å². The standard InChI is InChI=1S/C15H14Cl2N2O2/c1-8(2)14-10(15(20)21)7-18-13(19-14)6-9-11(16)4-3-5-12(9)17/h3-5,7-8H,6H2,1-2H3,(H,20,21). The van der Waals surface area contributed by atoms with Crippen LogP contribution in [0.3, 0.4) is 0 Å². The molecule has 4 nitrogen and oxygen atoms in total. The van der Waals surface area contributed by atoms with Crippen molar-refractivity contribution in [2.75, 3.05) is 0 Å². The summed E-state index contributed by atoms with van der Waals surface area (Å²) in [7, 11) is 0. The van der Waals surface area contributed by atoms with Crippen molar-refractivity contribution in [3.63, 3.8) is 0 Å². The number of aromatic carboxylic acids is 1. The zero-order valence-electron chi connectivity index (χ0n) is 11.6. The van der Waals surface area contributed by atoms with E-state index in [-0.39, 0.29) is 11.5 Å². The molecule has 1 N–H and O–H groups in total. The summed E-state index contributed by atoms with van der Waals surface area (Å²) in [6, 6.07) is 5.26. The monoisotopic (exact) mass is 324 g/mol.